The maximum absolute atomic E-state index is 12.2. The van der Waals surface area contributed by atoms with Gasteiger partial charge in [-0.15, -0.1) is 0 Å². The second kappa shape index (κ2) is 7.38. The summed E-state index contributed by atoms with van der Waals surface area (Å²) in [6.45, 7) is 8.25. The highest BCUT2D eigenvalue weighted by molar-refractivity contribution is 6.29. The molecule has 0 unspecified atom stereocenters. The Balaban J connectivity index is 1.73. The third-order valence-electron chi connectivity index (χ3n) is 3.62. The van der Waals surface area contributed by atoms with Gasteiger partial charge >= 0.3 is 0 Å². The monoisotopic (exact) mass is 325 g/mol. The number of amides is 1. The van der Waals surface area contributed by atoms with Crippen molar-refractivity contribution in [3.63, 3.8) is 0 Å². The SMILES string of the molecule is CC(C)(C)CC(=O)N1CCC(OCc2cnc(Cl)cn2)CC1. The lowest BCUT2D eigenvalue weighted by molar-refractivity contribution is -0.135. The number of ether oxygens (including phenoxy) is 1. The highest BCUT2D eigenvalue weighted by Crippen LogP contribution is 2.22. The second-order valence-electron chi connectivity index (χ2n) is 6.96. The van der Waals surface area contributed by atoms with Crippen molar-refractivity contribution in [2.75, 3.05) is 13.1 Å². The van der Waals surface area contributed by atoms with E-state index in [4.69, 9.17) is 16.3 Å². The molecule has 0 aromatic carbocycles. The van der Waals surface area contributed by atoms with Crippen molar-refractivity contribution in [2.45, 2.75) is 52.7 Å². The summed E-state index contributed by atoms with van der Waals surface area (Å²) in [5.41, 5.74) is 0.813. The van der Waals surface area contributed by atoms with Gasteiger partial charge in [0, 0.05) is 19.5 Å². The number of hydrogen-bond acceptors (Lipinski definition) is 4. The normalized spacial score (nSPS) is 16.8. The largest absolute Gasteiger partial charge is 0.372 e. The molecule has 1 fully saturated rings. The summed E-state index contributed by atoms with van der Waals surface area (Å²) >= 11 is 5.70. The summed E-state index contributed by atoms with van der Waals surface area (Å²) in [6.07, 6.45) is 5.67. The molecule has 1 saturated heterocycles. The Kier molecular flexibility index (Phi) is 5.75. The third-order valence-corrected chi connectivity index (χ3v) is 3.81. The minimum Gasteiger partial charge on any atom is -0.372 e. The molecular weight excluding hydrogens is 302 g/mol. The number of rotatable bonds is 4. The molecule has 1 aliphatic rings. The van der Waals surface area contributed by atoms with Crippen LogP contribution in [0.5, 0.6) is 0 Å². The molecule has 5 nitrogen and oxygen atoms in total. The lowest BCUT2D eigenvalue weighted by atomic mass is 9.91. The van der Waals surface area contributed by atoms with Crippen LogP contribution in [0.2, 0.25) is 5.15 Å². The number of halogens is 1. The third kappa shape index (κ3) is 5.54. The van der Waals surface area contributed by atoms with Crippen LogP contribution >= 0.6 is 11.6 Å². The molecule has 1 amide bonds. The van der Waals surface area contributed by atoms with Crippen molar-refractivity contribution in [3.8, 4) is 0 Å². The molecule has 0 saturated carbocycles. The molecule has 0 atom stereocenters. The fraction of sp³-hybridized carbons (Fsp3) is 0.688. The summed E-state index contributed by atoms with van der Waals surface area (Å²) in [5, 5.41) is 0.384. The predicted molar refractivity (Wildman–Crippen MR) is 85.5 cm³/mol. The first kappa shape index (κ1) is 17.2. The fourth-order valence-electron chi connectivity index (χ4n) is 2.45. The molecule has 22 heavy (non-hydrogen) atoms. The Hall–Kier alpha value is -1.20. The molecule has 0 aliphatic carbocycles. The van der Waals surface area contributed by atoms with E-state index in [1.165, 1.54) is 6.20 Å². The van der Waals surface area contributed by atoms with Crippen LogP contribution in [0.25, 0.3) is 0 Å². The quantitative estimate of drug-likeness (QED) is 0.853. The van der Waals surface area contributed by atoms with Gasteiger partial charge in [-0.25, -0.2) is 4.98 Å². The zero-order valence-electron chi connectivity index (χ0n) is 13.5. The van der Waals surface area contributed by atoms with Gasteiger partial charge in [0.2, 0.25) is 5.91 Å². The minimum atomic E-state index is 0.0394. The molecule has 6 heteroatoms. The van der Waals surface area contributed by atoms with Crippen molar-refractivity contribution >= 4 is 17.5 Å². The molecule has 1 aromatic heterocycles. The van der Waals surface area contributed by atoms with E-state index in [1.807, 2.05) is 4.90 Å². The highest BCUT2D eigenvalue weighted by atomic mass is 35.5. The van der Waals surface area contributed by atoms with Gasteiger partial charge in [0.05, 0.1) is 30.8 Å². The van der Waals surface area contributed by atoms with Crippen molar-refractivity contribution < 1.29 is 9.53 Å². The molecule has 0 radical (unpaired) electrons. The Morgan fingerprint density at radius 1 is 1.32 bits per heavy atom. The van der Waals surface area contributed by atoms with Crippen molar-refractivity contribution in [1.82, 2.24) is 14.9 Å². The number of piperidine rings is 1. The summed E-state index contributed by atoms with van der Waals surface area (Å²) in [4.78, 5) is 22.3. The van der Waals surface area contributed by atoms with Gasteiger partial charge in [-0.1, -0.05) is 32.4 Å². The Bertz CT molecular complexity index is 491. The van der Waals surface area contributed by atoms with E-state index in [2.05, 4.69) is 30.7 Å². The van der Waals surface area contributed by atoms with Gasteiger partial charge in [0.1, 0.15) is 5.15 Å². The van der Waals surface area contributed by atoms with Crippen molar-refractivity contribution in [2.24, 2.45) is 5.41 Å². The summed E-state index contributed by atoms with van der Waals surface area (Å²) < 4.78 is 5.85. The number of likely N-dealkylation sites (tertiary alicyclic amines) is 1. The molecule has 0 spiro atoms. The lowest BCUT2D eigenvalue weighted by Crippen LogP contribution is -2.42. The average Bonchev–Trinajstić information content (AvgIpc) is 2.45. The summed E-state index contributed by atoms with van der Waals surface area (Å²) in [7, 11) is 0. The number of aromatic nitrogens is 2. The summed E-state index contributed by atoms with van der Waals surface area (Å²) in [6, 6.07) is 0. The maximum Gasteiger partial charge on any atom is 0.223 e. The van der Waals surface area contributed by atoms with Gasteiger partial charge in [-0.3, -0.25) is 9.78 Å². The zero-order valence-corrected chi connectivity index (χ0v) is 14.3. The highest BCUT2D eigenvalue weighted by Gasteiger charge is 2.26. The molecule has 0 N–H and O–H groups in total. The predicted octanol–water partition coefficient (Wildman–Crippen LogP) is 3.07. The number of nitrogens with zero attached hydrogens (tertiary/aromatic N) is 3. The number of hydrogen-bond donors (Lipinski definition) is 0. The van der Waals surface area contributed by atoms with E-state index in [1.54, 1.807) is 6.20 Å². The van der Waals surface area contributed by atoms with Gasteiger partial charge in [0.25, 0.3) is 0 Å². The minimum absolute atomic E-state index is 0.0394. The molecule has 2 rings (SSSR count). The Labute approximate surface area is 137 Å². The topological polar surface area (TPSA) is 55.3 Å². The van der Waals surface area contributed by atoms with Gasteiger partial charge < -0.3 is 9.64 Å². The molecule has 1 aliphatic heterocycles. The van der Waals surface area contributed by atoms with E-state index in [-0.39, 0.29) is 17.4 Å². The first-order chi connectivity index (χ1) is 10.3. The van der Waals surface area contributed by atoms with Crippen LogP contribution < -0.4 is 0 Å². The smallest absolute Gasteiger partial charge is 0.223 e. The van der Waals surface area contributed by atoms with E-state index in [9.17, 15) is 4.79 Å². The van der Waals surface area contributed by atoms with E-state index < -0.39 is 0 Å². The van der Waals surface area contributed by atoms with Crippen LogP contribution in [0.1, 0.15) is 45.7 Å². The van der Waals surface area contributed by atoms with E-state index in [0.717, 1.165) is 31.6 Å². The standard InChI is InChI=1S/C16H24ClN3O2/c1-16(2,3)8-15(21)20-6-4-13(5-7-20)22-11-12-9-19-14(17)10-18-12/h9-10,13H,4-8,11H2,1-3H3. The molecule has 2 heterocycles. The summed E-state index contributed by atoms with van der Waals surface area (Å²) in [5.74, 6) is 0.245. The van der Waals surface area contributed by atoms with E-state index in [0.29, 0.717) is 18.2 Å². The zero-order chi connectivity index (χ0) is 16.2. The molecule has 1 aromatic rings. The van der Waals surface area contributed by atoms with Crippen molar-refractivity contribution in [1.29, 1.82) is 0 Å². The molecule has 0 bridgehead atoms. The lowest BCUT2D eigenvalue weighted by Gasteiger charge is -2.33. The van der Waals surface area contributed by atoms with Crippen LogP contribution in [0.3, 0.4) is 0 Å². The molecule has 122 valence electrons. The van der Waals surface area contributed by atoms with Crippen LogP contribution in [0.15, 0.2) is 12.4 Å². The molecular formula is C16H24ClN3O2. The Morgan fingerprint density at radius 2 is 2.00 bits per heavy atom. The van der Waals surface area contributed by atoms with Crippen LogP contribution in [-0.2, 0) is 16.1 Å². The first-order valence-corrected chi connectivity index (χ1v) is 8.07. The fourth-order valence-corrected chi connectivity index (χ4v) is 2.55. The number of carbonyl (C=O) groups excluding carboxylic acids is 1. The van der Waals surface area contributed by atoms with Crippen LogP contribution in [0, 0.1) is 5.41 Å². The van der Waals surface area contributed by atoms with Gasteiger partial charge in [-0.2, -0.15) is 0 Å². The van der Waals surface area contributed by atoms with Gasteiger partial charge in [0.15, 0.2) is 0 Å². The maximum atomic E-state index is 12.2. The van der Waals surface area contributed by atoms with Crippen LogP contribution in [-0.4, -0.2) is 40.0 Å². The Morgan fingerprint density at radius 3 is 2.55 bits per heavy atom. The van der Waals surface area contributed by atoms with E-state index >= 15 is 0 Å². The first-order valence-electron chi connectivity index (χ1n) is 7.69. The number of carbonyl (C=O) groups is 1. The van der Waals surface area contributed by atoms with Crippen LogP contribution in [0.4, 0.5) is 0 Å². The van der Waals surface area contributed by atoms with Gasteiger partial charge in [-0.05, 0) is 18.3 Å². The second-order valence-corrected chi connectivity index (χ2v) is 7.35. The average molecular weight is 326 g/mol. The van der Waals surface area contributed by atoms with Crippen molar-refractivity contribution in [3.05, 3.63) is 23.2 Å².